The van der Waals surface area contributed by atoms with Crippen molar-refractivity contribution in [2.75, 3.05) is 13.1 Å². The largest absolute Gasteiger partial charge is 0.627 e. The maximum absolute atomic E-state index is 13.7. The fourth-order valence-corrected chi connectivity index (χ4v) is 4.78. The smallest absolute Gasteiger partial charge is 0.132 e. The average Bonchev–Trinajstić information content (AvgIpc) is 2.82. The summed E-state index contributed by atoms with van der Waals surface area (Å²) in [4.78, 5) is 0. The van der Waals surface area contributed by atoms with Gasteiger partial charge in [0.15, 0.2) is 0 Å². The van der Waals surface area contributed by atoms with Gasteiger partial charge in [0.1, 0.15) is 5.69 Å². The minimum absolute atomic E-state index is 0.116. The molecule has 0 saturated carbocycles. The fourth-order valence-electron chi connectivity index (χ4n) is 4.78. The van der Waals surface area contributed by atoms with E-state index in [4.69, 9.17) is 0 Å². The zero-order valence-electron chi connectivity index (χ0n) is 21.8. The van der Waals surface area contributed by atoms with Gasteiger partial charge in [0, 0.05) is 0 Å². The molecule has 32 heavy (non-hydrogen) atoms. The van der Waals surface area contributed by atoms with Gasteiger partial charge >= 0.3 is 0 Å². The highest BCUT2D eigenvalue weighted by Crippen LogP contribution is 2.24. The Morgan fingerprint density at radius 1 is 0.469 bits per heavy atom. The second kappa shape index (κ2) is 20.7. The maximum atomic E-state index is 13.7. The van der Waals surface area contributed by atoms with Crippen LogP contribution in [0.15, 0.2) is 30.3 Å². The molecule has 1 rings (SSSR count). The van der Waals surface area contributed by atoms with Crippen molar-refractivity contribution in [3.8, 4) is 0 Å². The highest BCUT2D eigenvalue weighted by atomic mass is 16.5. The molecule has 0 bridgehead atoms. The molecular weight excluding hydrogens is 390 g/mol. The van der Waals surface area contributed by atoms with E-state index in [9.17, 15) is 5.21 Å². The van der Waals surface area contributed by atoms with Crippen LogP contribution in [0.3, 0.4) is 0 Å². The molecule has 186 valence electrons. The molecule has 2 nitrogen and oxygen atoms in total. The summed E-state index contributed by atoms with van der Waals surface area (Å²) in [5.41, 5.74) is 0.958. The lowest BCUT2D eigenvalue weighted by molar-refractivity contribution is 0.345. The van der Waals surface area contributed by atoms with Gasteiger partial charge in [-0.15, -0.1) is 0 Å². The monoisotopic (exact) mass is 445 g/mol. The van der Waals surface area contributed by atoms with Crippen LogP contribution in [0.2, 0.25) is 0 Å². The van der Waals surface area contributed by atoms with Crippen molar-refractivity contribution in [3.63, 3.8) is 0 Å². The van der Waals surface area contributed by atoms with Crippen molar-refractivity contribution in [3.05, 3.63) is 35.5 Å². The Morgan fingerprint density at radius 3 is 1.12 bits per heavy atom. The lowest BCUT2D eigenvalue weighted by Gasteiger charge is -2.42. The van der Waals surface area contributed by atoms with E-state index in [1.807, 2.05) is 30.3 Å². The molecule has 0 unspecified atom stereocenters. The zero-order chi connectivity index (χ0) is 23.2. The quantitative estimate of drug-likeness (QED) is 0.0933. The van der Waals surface area contributed by atoms with E-state index in [-0.39, 0.29) is 4.65 Å². The van der Waals surface area contributed by atoms with E-state index in [1.54, 1.807) is 0 Å². The van der Waals surface area contributed by atoms with E-state index in [0.29, 0.717) is 0 Å². The molecule has 0 spiro atoms. The lowest BCUT2D eigenvalue weighted by atomic mass is 10.1. The molecule has 2 heteroatoms. The Labute approximate surface area is 201 Å². The minimum Gasteiger partial charge on any atom is -0.627 e. The molecule has 0 fully saturated rings. The molecular formula is C30H55NO. The summed E-state index contributed by atoms with van der Waals surface area (Å²) in [5, 5.41) is 13.7. The number of hydrogen-bond acceptors (Lipinski definition) is 1. The van der Waals surface area contributed by atoms with Gasteiger partial charge in [-0.1, -0.05) is 135 Å². The summed E-state index contributed by atoms with van der Waals surface area (Å²) in [5.74, 6) is 0. The number of unbranched alkanes of at least 4 members (excludes halogenated alkanes) is 18. The Hall–Kier alpha value is -0.860. The van der Waals surface area contributed by atoms with Gasteiger partial charge in [-0.25, -0.2) is 0 Å². The zero-order valence-corrected chi connectivity index (χ0v) is 21.8. The number of hydroxylamine groups is 2. The molecule has 0 saturated heterocycles. The Kier molecular flexibility index (Phi) is 18.9. The fraction of sp³-hybridized carbons (Fsp3) is 0.800. The molecule has 1 aromatic carbocycles. The number of quaternary nitrogens is 1. The second-order valence-corrected chi connectivity index (χ2v) is 10.0. The average molecular weight is 446 g/mol. The minimum atomic E-state index is -0.116. The highest BCUT2D eigenvalue weighted by Gasteiger charge is 2.19. The van der Waals surface area contributed by atoms with E-state index in [0.717, 1.165) is 31.6 Å². The van der Waals surface area contributed by atoms with Gasteiger partial charge in [0.25, 0.3) is 0 Å². The van der Waals surface area contributed by atoms with Gasteiger partial charge in [-0.05, 0) is 37.8 Å². The van der Waals surface area contributed by atoms with Gasteiger partial charge in [-0.3, -0.25) is 0 Å². The lowest BCUT2D eigenvalue weighted by Crippen LogP contribution is -2.44. The molecule has 0 aromatic heterocycles. The standard InChI is InChI=1S/C30H55NO/c1-3-5-7-9-11-13-15-17-19-24-28-31(32,30-26-22-21-23-27-30)29-25-20-18-16-14-12-10-8-6-4-2/h21-23,26-27H,3-20,24-25,28-29H2,1-2H3. The van der Waals surface area contributed by atoms with Gasteiger partial charge in [0.2, 0.25) is 0 Å². The Balaban J connectivity index is 2.21. The van der Waals surface area contributed by atoms with Crippen molar-refractivity contribution >= 4 is 5.69 Å². The first-order chi connectivity index (χ1) is 15.7. The third-order valence-electron chi connectivity index (χ3n) is 6.97. The van der Waals surface area contributed by atoms with Crippen LogP contribution in [-0.2, 0) is 0 Å². The van der Waals surface area contributed by atoms with E-state index < -0.39 is 0 Å². The summed E-state index contributed by atoms with van der Waals surface area (Å²) in [6.07, 6.45) is 26.4. The number of para-hydroxylation sites is 1. The summed E-state index contributed by atoms with van der Waals surface area (Å²) in [6.45, 7) is 6.05. The van der Waals surface area contributed by atoms with E-state index in [1.165, 1.54) is 116 Å². The SMILES string of the molecule is CCCCCCCCCCCC[N+]([O-])(CCCCCCCCCCCC)c1ccccc1. The second-order valence-electron chi connectivity index (χ2n) is 10.0. The van der Waals surface area contributed by atoms with Crippen LogP contribution in [0.25, 0.3) is 0 Å². The first-order valence-corrected chi connectivity index (χ1v) is 14.4. The molecule has 0 aliphatic rings. The van der Waals surface area contributed by atoms with Crippen LogP contribution in [0.4, 0.5) is 5.69 Å². The summed E-state index contributed by atoms with van der Waals surface area (Å²) < 4.78 is -0.116. The van der Waals surface area contributed by atoms with E-state index >= 15 is 0 Å². The molecule has 0 amide bonds. The van der Waals surface area contributed by atoms with Crippen molar-refractivity contribution in [1.29, 1.82) is 0 Å². The van der Waals surface area contributed by atoms with Crippen LogP contribution in [-0.4, -0.2) is 13.1 Å². The molecule has 0 heterocycles. The molecule has 0 atom stereocenters. The topological polar surface area (TPSA) is 23.1 Å². The molecule has 0 aliphatic carbocycles. The van der Waals surface area contributed by atoms with Crippen LogP contribution in [0.5, 0.6) is 0 Å². The molecule has 0 aliphatic heterocycles. The molecule has 0 radical (unpaired) electrons. The predicted octanol–water partition coefficient (Wildman–Crippen LogP) is 10.3. The normalized spacial score (nSPS) is 11.8. The third-order valence-corrected chi connectivity index (χ3v) is 6.97. The Morgan fingerprint density at radius 2 is 0.781 bits per heavy atom. The summed E-state index contributed by atoms with van der Waals surface area (Å²) in [6, 6.07) is 10.2. The molecule has 1 aromatic rings. The number of rotatable bonds is 23. The highest BCUT2D eigenvalue weighted by molar-refractivity contribution is 5.43. The van der Waals surface area contributed by atoms with Gasteiger partial charge in [0.05, 0.1) is 13.1 Å². The number of hydrogen-bond donors (Lipinski definition) is 0. The number of nitrogens with zero attached hydrogens (tertiary/aromatic N) is 1. The molecule has 0 N–H and O–H groups in total. The van der Waals surface area contributed by atoms with Crippen molar-refractivity contribution in [2.45, 2.75) is 142 Å². The Bertz CT molecular complexity index is 477. The van der Waals surface area contributed by atoms with Crippen LogP contribution >= 0.6 is 0 Å². The van der Waals surface area contributed by atoms with Gasteiger partial charge in [-0.2, -0.15) is 0 Å². The first-order valence-electron chi connectivity index (χ1n) is 14.4. The van der Waals surface area contributed by atoms with E-state index in [2.05, 4.69) is 13.8 Å². The third kappa shape index (κ3) is 15.1. The van der Waals surface area contributed by atoms with Crippen LogP contribution in [0, 0.1) is 5.21 Å². The van der Waals surface area contributed by atoms with Crippen LogP contribution < -0.4 is 4.65 Å². The maximum Gasteiger partial charge on any atom is 0.132 e. The van der Waals surface area contributed by atoms with Crippen LogP contribution in [0.1, 0.15) is 142 Å². The summed E-state index contributed by atoms with van der Waals surface area (Å²) >= 11 is 0. The van der Waals surface area contributed by atoms with Crippen molar-refractivity contribution in [1.82, 2.24) is 4.65 Å². The van der Waals surface area contributed by atoms with Crippen molar-refractivity contribution < 1.29 is 0 Å². The van der Waals surface area contributed by atoms with Gasteiger partial charge < -0.3 is 9.85 Å². The number of benzene rings is 1. The first kappa shape index (κ1) is 29.2. The predicted molar refractivity (Wildman–Crippen MR) is 145 cm³/mol. The van der Waals surface area contributed by atoms with Crippen molar-refractivity contribution in [2.24, 2.45) is 0 Å². The summed E-state index contributed by atoms with van der Waals surface area (Å²) in [7, 11) is 0.